The predicted octanol–water partition coefficient (Wildman–Crippen LogP) is 4.54. The van der Waals surface area contributed by atoms with Crippen LogP contribution in [0.5, 0.6) is 5.75 Å². The third-order valence-electron chi connectivity index (χ3n) is 3.61. The van der Waals surface area contributed by atoms with Crippen LogP contribution in [0.25, 0.3) is 0 Å². The number of halogens is 1. The normalized spacial score (nSPS) is 15.6. The lowest BCUT2D eigenvalue weighted by molar-refractivity contribution is -0.117. The van der Waals surface area contributed by atoms with Crippen molar-refractivity contribution in [3.05, 3.63) is 23.8 Å². The van der Waals surface area contributed by atoms with E-state index in [1.165, 1.54) is 12.0 Å². The molecule has 1 aromatic rings. The average molecular weight is 354 g/mol. The lowest BCUT2D eigenvalue weighted by atomic mass is 10.1. The molecule has 116 valence electrons. The van der Waals surface area contributed by atoms with E-state index in [0.717, 1.165) is 37.1 Å². The molecule has 0 aliphatic heterocycles. The molecule has 1 N–H and O–H groups in total. The van der Waals surface area contributed by atoms with Crippen molar-refractivity contribution in [2.75, 3.05) is 11.9 Å². The van der Waals surface area contributed by atoms with Gasteiger partial charge in [-0.2, -0.15) is 0 Å². The molecule has 1 saturated carbocycles. The summed E-state index contributed by atoms with van der Waals surface area (Å²) in [5.74, 6) is 1.10. The van der Waals surface area contributed by atoms with E-state index in [9.17, 15) is 4.79 Å². The van der Waals surface area contributed by atoms with Gasteiger partial charge >= 0.3 is 0 Å². The Morgan fingerprint density at radius 1 is 1.43 bits per heavy atom. The summed E-state index contributed by atoms with van der Waals surface area (Å²) in [4.78, 5) is 12.4. The van der Waals surface area contributed by atoms with Crippen molar-refractivity contribution in [2.45, 2.75) is 50.8 Å². The molecule has 3 nitrogen and oxygen atoms in total. The summed E-state index contributed by atoms with van der Waals surface area (Å²) in [5.41, 5.74) is 2.03. The predicted molar refractivity (Wildman–Crippen MR) is 90.3 cm³/mol. The Kier molecular flexibility index (Phi) is 6.09. The summed E-state index contributed by atoms with van der Waals surface area (Å²) in [6, 6.07) is 6.09. The van der Waals surface area contributed by atoms with E-state index in [4.69, 9.17) is 4.74 Å². The van der Waals surface area contributed by atoms with E-state index in [1.807, 2.05) is 13.0 Å². The van der Waals surface area contributed by atoms with E-state index in [-0.39, 0.29) is 11.8 Å². The number of alkyl halides is 1. The summed E-state index contributed by atoms with van der Waals surface area (Å²) in [6.07, 6.45) is 5.32. The van der Waals surface area contributed by atoms with Crippen molar-refractivity contribution >= 4 is 27.5 Å². The Morgan fingerprint density at radius 2 is 2.19 bits per heavy atom. The van der Waals surface area contributed by atoms with Gasteiger partial charge in [-0.15, -0.1) is 0 Å². The fourth-order valence-electron chi connectivity index (χ4n) is 2.32. The number of ether oxygens (including phenoxy) is 1. The van der Waals surface area contributed by atoms with Crippen LogP contribution in [0.3, 0.4) is 0 Å². The van der Waals surface area contributed by atoms with Crippen molar-refractivity contribution in [2.24, 2.45) is 5.92 Å². The third-order valence-corrected chi connectivity index (χ3v) is 4.39. The summed E-state index contributed by atoms with van der Waals surface area (Å²) < 4.78 is 5.69. The molecule has 1 atom stereocenters. The van der Waals surface area contributed by atoms with Gasteiger partial charge in [0.1, 0.15) is 5.75 Å². The molecule has 1 aliphatic rings. The summed E-state index contributed by atoms with van der Waals surface area (Å²) in [7, 11) is 0. The van der Waals surface area contributed by atoms with E-state index in [0.29, 0.717) is 11.4 Å². The molecule has 21 heavy (non-hydrogen) atoms. The van der Waals surface area contributed by atoms with Crippen molar-refractivity contribution < 1.29 is 9.53 Å². The highest BCUT2D eigenvalue weighted by Gasteiger charge is 2.30. The molecular formula is C17H24BrNO2. The molecule has 1 unspecified atom stereocenters. The maximum Gasteiger partial charge on any atom is 0.227 e. The van der Waals surface area contributed by atoms with Crippen LogP contribution in [0.15, 0.2) is 18.2 Å². The molecule has 0 bridgehead atoms. The quantitative estimate of drug-likeness (QED) is 0.696. The monoisotopic (exact) mass is 353 g/mol. The molecule has 1 aromatic carbocycles. The Labute approximate surface area is 135 Å². The number of amides is 1. The highest BCUT2D eigenvalue weighted by Crippen LogP contribution is 2.33. The number of hydrogen-bond donors (Lipinski definition) is 1. The lowest BCUT2D eigenvalue weighted by Gasteiger charge is -2.14. The van der Waals surface area contributed by atoms with E-state index in [2.05, 4.69) is 40.3 Å². The zero-order valence-electron chi connectivity index (χ0n) is 12.8. The maximum atomic E-state index is 11.9. The third kappa shape index (κ3) is 5.03. The van der Waals surface area contributed by atoms with Gasteiger partial charge in [0, 0.05) is 10.7 Å². The topological polar surface area (TPSA) is 38.3 Å². The summed E-state index contributed by atoms with van der Waals surface area (Å²) in [5, 5.41) is 2.99. The van der Waals surface area contributed by atoms with Crippen molar-refractivity contribution in [3.8, 4) is 5.75 Å². The lowest BCUT2D eigenvalue weighted by Crippen LogP contribution is -2.14. The van der Waals surface area contributed by atoms with Crippen molar-refractivity contribution in [1.82, 2.24) is 0 Å². The molecule has 0 spiro atoms. The zero-order chi connectivity index (χ0) is 15.2. The number of carbonyl (C=O) groups excluding carboxylic acids is 1. The van der Waals surface area contributed by atoms with Gasteiger partial charge in [-0.25, -0.2) is 0 Å². The first-order chi connectivity index (χ1) is 10.1. The van der Waals surface area contributed by atoms with Gasteiger partial charge in [0.15, 0.2) is 0 Å². The highest BCUT2D eigenvalue weighted by atomic mass is 79.9. The highest BCUT2D eigenvalue weighted by molar-refractivity contribution is 9.09. The minimum atomic E-state index is 0.119. The molecule has 1 fully saturated rings. The zero-order valence-corrected chi connectivity index (χ0v) is 14.4. The van der Waals surface area contributed by atoms with Crippen LogP contribution < -0.4 is 10.1 Å². The summed E-state index contributed by atoms with van der Waals surface area (Å²) >= 11 is 3.71. The molecule has 0 aromatic heterocycles. The first kappa shape index (κ1) is 16.3. The standard InChI is InChI=1S/C17H24BrNO2/c1-3-5-14(18)10-12-6-9-15(16(11-12)21-4-2)19-17(20)13-7-8-13/h6,9,11,13-14H,3-5,7-8,10H2,1-2H3,(H,19,20). The number of hydrogen-bond acceptors (Lipinski definition) is 2. The molecule has 4 heteroatoms. The molecular weight excluding hydrogens is 330 g/mol. The Bertz CT molecular complexity index is 486. The SMILES string of the molecule is CCCC(Br)Cc1ccc(NC(=O)C2CC2)c(OCC)c1. The number of carbonyl (C=O) groups is 1. The van der Waals surface area contributed by atoms with Gasteiger partial charge in [0.05, 0.1) is 12.3 Å². The smallest absolute Gasteiger partial charge is 0.227 e. The Balaban J connectivity index is 2.07. The van der Waals surface area contributed by atoms with E-state index < -0.39 is 0 Å². The minimum absolute atomic E-state index is 0.119. The Hall–Kier alpha value is -1.03. The van der Waals surface area contributed by atoms with Crippen molar-refractivity contribution in [3.63, 3.8) is 0 Å². The number of anilines is 1. The van der Waals surface area contributed by atoms with Gasteiger partial charge in [0.2, 0.25) is 5.91 Å². The van der Waals surface area contributed by atoms with Crippen LogP contribution >= 0.6 is 15.9 Å². The Morgan fingerprint density at radius 3 is 2.81 bits per heavy atom. The largest absolute Gasteiger partial charge is 0.492 e. The number of rotatable bonds is 8. The van der Waals surface area contributed by atoms with Crippen LogP contribution in [0.2, 0.25) is 0 Å². The van der Waals surface area contributed by atoms with Crippen LogP contribution in [-0.4, -0.2) is 17.3 Å². The van der Waals surface area contributed by atoms with Crippen LogP contribution in [0.4, 0.5) is 5.69 Å². The fourth-order valence-corrected chi connectivity index (χ4v) is 3.15. The molecule has 1 aliphatic carbocycles. The summed E-state index contributed by atoms with van der Waals surface area (Å²) in [6.45, 7) is 4.75. The second kappa shape index (κ2) is 7.83. The molecule has 2 rings (SSSR count). The molecule has 0 saturated heterocycles. The van der Waals surface area contributed by atoms with Gasteiger partial charge in [-0.05, 0) is 50.3 Å². The van der Waals surface area contributed by atoms with Gasteiger partial charge in [-0.1, -0.05) is 35.3 Å². The fraction of sp³-hybridized carbons (Fsp3) is 0.588. The van der Waals surface area contributed by atoms with Crippen LogP contribution in [0, 0.1) is 5.92 Å². The van der Waals surface area contributed by atoms with Crippen LogP contribution in [-0.2, 0) is 11.2 Å². The second-order valence-electron chi connectivity index (χ2n) is 5.62. The van der Waals surface area contributed by atoms with E-state index in [1.54, 1.807) is 0 Å². The maximum absolute atomic E-state index is 11.9. The van der Waals surface area contributed by atoms with Crippen LogP contribution in [0.1, 0.15) is 45.1 Å². The van der Waals surface area contributed by atoms with E-state index >= 15 is 0 Å². The van der Waals surface area contributed by atoms with Gasteiger partial charge < -0.3 is 10.1 Å². The second-order valence-corrected chi connectivity index (χ2v) is 6.91. The molecule has 1 amide bonds. The first-order valence-electron chi connectivity index (χ1n) is 7.84. The first-order valence-corrected chi connectivity index (χ1v) is 8.76. The number of benzene rings is 1. The van der Waals surface area contributed by atoms with Gasteiger partial charge in [-0.3, -0.25) is 4.79 Å². The number of nitrogens with one attached hydrogen (secondary N) is 1. The molecule has 0 radical (unpaired) electrons. The van der Waals surface area contributed by atoms with Gasteiger partial charge in [0.25, 0.3) is 0 Å². The minimum Gasteiger partial charge on any atom is -0.492 e. The molecule has 0 heterocycles. The average Bonchev–Trinajstić information content (AvgIpc) is 3.26. The van der Waals surface area contributed by atoms with Crippen molar-refractivity contribution in [1.29, 1.82) is 0 Å².